The van der Waals surface area contributed by atoms with Crippen molar-refractivity contribution in [1.29, 1.82) is 0 Å². The smallest absolute Gasteiger partial charge is 0.306 e. The molecule has 1 aromatic carbocycles. The van der Waals surface area contributed by atoms with Crippen molar-refractivity contribution >= 4 is 50.6 Å². The monoisotopic (exact) mass is 393 g/mol. The molecule has 1 heterocycles. The van der Waals surface area contributed by atoms with Crippen LogP contribution in [0.25, 0.3) is 0 Å². The molecule has 1 saturated heterocycles. The number of carbonyl (C=O) groups is 2. The number of sulfone groups is 1. The van der Waals surface area contributed by atoms with Gasteiger partial charge in [0.15, 0.2) is 15.9 Å². The van der Waals surface area contributed by atoms with Crippen molar-refractivity contribution in [3.63, 3.8) is 0 Å². The van der Waals surface area contributed by atoms with Crippen LogP contribution in [0.3, 0.4) is 0 Å². The average Bonchev–Trinajstić information content (AvgIpc) is 2.76. The van der Waals surface area contributed by atoms with Gasteiger partial charge in [-0.25, -0.2) is 8.42 Å². The summed E-state index contributed by atoms with van der Waals surface area (Å²) in [6, 6.07) is 4.56. The number of esters is 1. The van der Waals surface area contributed by atoms with Gasteiger partial charge in [0.1, 0.15) is 0 Å². The number of nitrogens with one attached hydrogen (secondary N) is 1. The van der Waals surface area contributed by atoms with Crippen LogP contribution in [0, 0.1) is 5.92 Å². The highest BCUT2D eigenvalue weighted by molar-refractivity contribution is 7.91. The third-order valence-corrected chi connectivity index (χ3v) is 5.86. The van der Waals surface area contributed by atoms with Gasteiger partial charge in [0.25, 0.3) is 5.91 Å². The van der Waals surface area contributed by atoms with Crippen LogP contribution in [0.2, 0.25) is 10.0 Å². The Morgan fingerprint density at radius 3 is 2.46 bits per heavy atom. The van der Waals surface area contributed by atoms with Gasteiger partial charge >= 0.3 is 5.97 Å². The standard InChI is InChI=1S/C15H17Cl2NO5S/c1-9(15(20)18-13-6-11(16)5-12(17)7-13)23-14(19)4-10-2-3-24(21,22)8-10/h5-7,9-10H,2-4,8H2,1H3,(H,18,20)/t9-,10+/m0/s1. The number of benzene rings is 1. The average molecular weight is 394 g/mol. The van der Waals surface area contributed by atoms with E-state index in [2.05, 4.69) is 5.32 Å². The minimum atomic E-state index is -3.05. The Bertz CT molecular complexity index is 730. The van der Waals surface area contributed by atoms with Crippen molar-refractivity contribution in [2.45, 2.75) is 25.9 Å². The Labute approximate surface area is 150 Å². The van der Waals surface area contributed by atoms with Crippen LogP contribution in [0.4, 0.5) is 5.69 Å². The molecule has 6 nitrogen and oxygen atoms in total. The van der Waals surface area contributed by atoms with Crippen molar-refractivity contribution < 1.29 is 22.7 Å². The predicted molar refractivity (Wildman–Crippen MR) is 92.0 cm³/mol. The van der Waals surface area contributed by atoms with E-state index in [0.29, 0.717) is 22.2 Å². The van der Waals surface area contributed by atoms with Crippen LogP contribution >= 0.6 is 23.2 Å². The summed E-state index contributed by atoms with van der Waals surface area (Å²) in [6.45, 7) is 1.44. The van der Waals surface area contributed by atoms with Crippen LogP contribution in [0.15, 0.2) is 18.2 Å². The van der Waals surface area contributed by atoms with Gasteiger partial charge in [-0.2, -0.15) is 0 Å². The zero-order valence-corrected chi connectivity index (χ0v) is 15.2. The fraction of sp³-hybridized carbons (Fsp3) is 0.467. The predicted octanol–water partition coefficient (Wildman–Crippen LogP) is 2.69. The number of amides is 1. The molecule has 0 saturated carbocycles. The van der Waals surface area contributed by atoms with Crippen molar-refractivity contribution in [3.8, 4) is 0 Å². The minimum Gasteiger partial charge on any atom is -0.453 e. The molecule has 1 aliphatic rings. The molecule has 1 fully saturated rings. The van der Waals surface area contributed by atoms with Crippen molar-refractivity contribution in [3.05, 3.63) is 28.2 Å². The largest absolute Gasteiger partial charge is 0.453 e. The van der Waals surface area contributed by atoms with E-state index in [-0.39, 0.29) is 23.8 Å². The number of hydrogen-bond acceptors (Lipinski definition) is 5. The lowest BCUT2D eigenvalue weighted by Crippen LogP contribution is -2.30. The van der Waals surface area contributed by atoms with E-state index in [9.17, 15) is 18.0 Å². The summed E-state index contributed by atoms with van der Waals surface area (Å²) in [5, 5.41) is 3.29. The molecule has 0 aromatic heterocycles. The molecule has 1 amide bonds. The molecule has 9 heteroatoms. The zero-order valence-electron chi connectivity index (χ0n) is 12.9. The number of ether oxygens (including phenoxy) is 1. The van der Waals surface area contributed by atoms with Crippen molar-refractivity contribution in [2.24, 2.45) is 5.92 Å². The van der Waals surface area contributed by atoms with Gasteiger partial charge < -0.3 is 10.1 Å². The highest BCUT2D eigenvalue weighted by atomic mass is 35.5. The highest BCUT2D eigenvalue weighted by Crippen LogP contribution is 2.24. The quantitative estimate of drug-likeness (QED) is 0.776. The summed E-state index contributed by atoms with van der Waals surface area (Å²) in [5.74, 6) is -1.28. The molecule has 0 radical (unpaired) electrons. The Morgan fingerprint density at radius 1 is 1.29 bits per heavy atom. The molecular formula is C15H17Cl2NO5S. The topological polar surface area (TPSA) is 89.5 Å². The lowest BCUT2D eigenvalue weighted by atomic mass is 10.1. The zero-order chi connectivity index (χ0) is 17.9. The molecule has 132 valence electrons. The summed E-state index contributed by atoms with van der Waals surface area (Å²) in [4.78, 5) is 23.9. The molecule has 1 aromatic rings. The maximum Gasteiger partial charge on any atom is 0.306 e. The molecule has 24 heavy (non-hydrogen) atoms. The number of carbonyl (C=O) groups excluding carboxylic acids is 2. The molecule has 0 unspecified atom stereocenters. The van der Waals surface area contributed by atoms with E-state index in [4.69, 9.17) is 27.9 Å². The fourth-order valence-electron chi connectivity index (χ4n) is 2.44. The first-order chi connectivity index (χ1) is 11.1. The number of rotatable bonds is 5. The Morgan fingerprint density at radius 2 is 1.92 bits per heavy atom. The molecular weight excluding hydrogens is 377 g/mol. The van der Waals surface area contributed by atoms with E-state index < -0.39 is 27.8 Å². The van der Waals surface area contributed by atoms with Gasteiger partial charge in [-0.3, -0.25) is 9.59 Å². The molecule has 1 N–H and O–H groups in total. The van der Waals surface area contributed by atoms with E-state index in [1.165, 1.54) is 25.1 Å². The van der Waals surface area contributed by atoms with Crippen LogP contribution in [-0.2, 0) is 24.2 Å². The first kappa shape index (κ1) is 19.0. The lowest BCUT2D eigenvalue weighted by Gasteiger charge is -2.15. The highest BCUT2D eigenvalue weighted by Gasteiger charge is 2.30. The molecule has 2 atom stereocenters. The van der Waals surface area contributed by atoms with Gasteiger partial charge in [-0.15, -0.1) is 0 Å². The summed E-state index contributed by atoms with van der Waals surface area (Å²) in [7, 11) is -3.05. The molecule has 0 spiro atoms. The SMILES string of the molecule is C[C@H](OC(=O)C[C@H]1CCS(=O)(=O)C1)C(=O)Nc1cc(Cl)cc(Cl)c1. The van der Waals surface area contributed by atoms with E-state index in [1.807, 2.05) is 0 Å². The van der Waals surface area contributed by atoms with Gasteiger partial charge in [-0.1, -0.05) is 23.2 Å². The fourth-order valence-corrected chi connectivity index (χ4v) is 4.83. The summed E-state index contributed by atoms with van der Waals surface area (Å²) >= 11 is 11.7. The van der Waals surface area contributed by atoms with Gasteiger partial charge in [0, 0.05) is 22.2 Å². The van der Waals surface area contributed by atoms with Crippen LogP contribution < -0.4 is 5.32 Å². The van der Waals surface area contributed by atoms with E-state index in [0.717, 1.165) is 0 Å². The Balaban J connectivity index is 1.85. The normalized spacial score (nSPS) is 20.4. The maximum absolute atomic E-state index is 12.0. The molecule has 2 rings (SSSR count). The third kappa shape index (κ3) is 5.65. The van der Waals surface area contributed by atoms with Gasteiger partial charge in [0.05, 0.1) is 11.5 Å². The number of halogens is 2. The van der Waals surface area contributed by atoms with E-state index >= 15 is 0 Å². The molecule has 0 aliphatic carbocycles. The second-order valence-electron chi connectivity index (χ2n) is 5.75. The molecule has 1 aliphatic heterocycles. The maximum atomic E-state index is 12.0. The third-order valence-electron chi connectivity index (χ3n) is 3.59. The van der Waals surface area contributed by atoms with Crippen LogP contribution in [0.5, 0.6) is 0 Å². The summed E-state index contributed by atoms with van der Waals surface area (Å²) in [5.41, 5.74) is 0.391. The van der Waals surface area contributed by atoms with Crippen LogP contribution in [-0.4, -0.2) is 37.9 Å². The Kier molecular flexibility index (Phi) is 6.11. The summed E-state index contributed by atoms with van der Waals surface area (Å²) in [6.07, 6.45) is -0.591. The minimum absolute atomic E-state index is 0.0102. The van der Waals surface area contributed by atoms with Gasteiger partial charge in [0.2, 0.25) is 0 Å². The van der Waals surface area contributed by atoms with E-state index in [1.54, 1.807) is 0 Å². The van der Waals surface area contributed by atoms with Crippen LogP contribution in [0.1, 0.15) is 19.8 Å². The second-order valence-corrected chi connectivity index (χ2v) is 8.85. The van der Waals surface area contributed by atoms with Crippen molar-refractivity contribution in [2.75, 3.05) is 16.8 Å². The number of hydrogen-bond donors (Lipinski definition) is 1. The van der Waals surface area contributed by atoms with Crippen molar-refractivity contribution in [1.82, 2.24) is 0 Å². The first-order valence-electron chi connectivity index (χ1n) is 7.31. The lowest BCUT2D eigenvalue weighted by molar-refractivity contribution is -0.153. The second kappa shape index (κ2) is 7.72. The van der Waals surface area contributed by atoms with Gasteiger partial charge in [-0.05, 0) is 37.5 Å². The first-order valence-corrected chi connectivity index (χ1v) is 9.89. The molecule has 0 bridgehead atoms. The number of anilines is 1. The summed E-state index contributed by atoms with van der Waals surface area (Å²) < 4.78 is 27.8. The Hall–Kier alpha value is -1.31.